The molecule has 8 rings (SSSR count). The molecule has 4 aliphatic rings. The van der Waals surface area contributed by atoms with E-state index in [1.807, 2.05) is 60.7 Å². The summed E-state index contributed by atoms with van der Waals surface area (Å²) in [6.07, 6.45) is 0.686. The Balaban J connectivity index is 1.03. The molecule has 4 aromatic rings. The summed E-state index contributed by atoms with van der Waals surface area (Å²) in [6.45, 7) is -0.131. The zero-order chi connectivity index (χ0) is 44.7. The van der Waals surface area contributed by atoms with Crippen LogP contribution in [-0.2, 0) is 64.3 Å². The zero-order valence-electron chi connectivity index (χ0n) is 35.2. The number of ether oxygens (including phenoxy) is 4. The zero-order valence-corrected chi connectivity index (χ0v) is 36.8. The molecule has 2 N–H and O–H groups in total. The molecule has 4 atom stereocenters. The molecule has 0 saturated carbocycles. The smallest absolute Gasteiger partial charge is 0.355 e. The highest BCUT2D eigenvalue weighted by Gasteiger charge is 2.56. The first-order valence-corrected chi connectivity index (χ1v) is 22.8. The Bertz CT molecular complexity index is 2310. The van der Waals surface area contributed by atoms with Crippen LogP contribution in [0.2, 0.25) is 0 Å². The van der Waals surface area contributed by atoms with Crippen LogP contribution >= 0.6 is 23.5 Å². The standard InChI is InChI=1S/C48H46N4O10S2/c1-59-35-19-13-31(14-20-35)25-61-47(57)41-33(27-63-45-39(43(55)51(41)45)49-37(53)23-29-9-5-3-6-10-29)17-18-34-28-64-46-40(50-38(54)24-30-11-7-4-8-12-30)44(56)52(46)42(34)48(58)62-26-32-15-21-36(60-2)22-16-32/h3-16,19-22,39-40,45-46H,17-18,23-28H2,1-2H3,(H,49,53)(H,50,54)/t39-,40-,45-,46-/m1/s1. The monoisotopic (exact) mass is 902 g/mol. The van der Waals surface area contributed by atoms with E-state index in [-0.39, 0.29) is 62.1 Å². The van der Waals surface area contributed by atoms with E-state index in [4.69, 9.17) is 18.9 Å². The van der Waals surface area contributed by atoms with Crippen molar-refractivity contribution in [2.75, 3.05) is 25.7 Å². The highest BCUT2D eigenvalue weighted by atomic mass is 32.2. The number of thioether (sulfide) groups is 2. The van der Waals surface area contributed by atoms with Crippen LogP contribution in [0.1, 0.15) is 35.1 Å². The number of rotatable bonds is 17. The second kappa shape index (κ2) is 19.9. The molecule has 14 nitrogen and oxygen atoms in total. The second-order valence-corrected chi connectivity index (χ2v) is 17.7. The molecule has 0 aliphatic carbocycles. The molecule has 0 bridgehead atoms. The Kier molecular flexibility index (Phi) is 13.7. The van der Waals surface area contributed by atoms with Crippen LogP contribution in [-0.4, -0.2) is 93.9 Å². The van der Waals surface area contributed by atoms with Crippen molar-refractivity contribution in [2.24, 2.45) is 0 Å². The lowest BCUT2D eigenvalue weighted by Gasteiger charge is -2.50. The van der Waals surface area contributed by atoms with Crippen LogP contribution < -0.4 is 20.1 Å². The Morgan fingerprint density at radius 3 is 1.28 bits per heavy atom. The SMILES string of the molecule is COc1ccc(COC(=O)C2=C(CCC3=C(C(=O)OCc4ccc(OC)cc4)N4C(=O)[C@@H](NC(=O)Cc5ccccc5)[C@H]4SC3)CS[C@@H]3[C@H](NC(=O)Cc4ccccc4)C(=O)N23)cc1. The van der Waals surface area contributed by atoms with Crippen LogP contribution in [0, 0.1) is 0 Å². The first-order chi connectivity index (χ1) is 31.1. The third-order valence-corrected chi connectivity index (χ3v) is 14.0. The minimum Gasteiger partial charge on any atom is -0.497 e. The molecule has 0 aromatic heterocycles. The lowest BCUT2D eigenvalue weighted by molar-refractivity contribution is -0.153. The van der Waals surface area contributed by atoms with Gasteiger partial charge in [-0.1, -0.05) is 84.9 Å². The van der Waals surface area contributed by atoms with Gasteiger partial charge in [0.05, 0.1) is 27.1 Å². The van der Waals surface area contributed by atoms with Gasteiger partial charge >= 0.3 is 11.9 Å². The summed E-state index contributed by atoms with van der Waals surface area (Å²) in [5.74, 6) is -0.917. The van der Waals surface area contributed by atoms with Gasteiger partial charge in [0.15, 0.2) is 0 Å². The summed E-state index contributed by atoms with van der Waals surface area (Å²) >= 11 is 2.85. The van der Waals surface area contributed by atoms with E-state index < -0.39 is 46.6 Å². The fraction of sp³-hybridized carbons (Fsp3) is 0.292. The molecule has 4 aromatic carbocycles. The number of carbonyl (C=O) groups is 6. The quantitative estimate of drug-likeness (QED) is 0.107. The van der Waals surface area contributed by atoms with Crippen molar-refractivity contribution in [1.29, 1.82) is 0 Å². The molecular weight excluding hydrogens is 857 g/mol. The van der Waals surface area contributed by atoms with E-state index in [2.05, 4.69) is 10.6 Å². The summed E-state index contributed by atoms with van der Waals surface area (Å²) in [5, 5.41) is 4.65. The molecule has 16 heteroatoms. The number of fused-ring (bicyclic) bond motifs is 2. The van der Waals surface area contributed by atoms with E-state index in [1.165, 1.54) is 33.3 Å². The fourth-order valence-electron chi connectivity index (χ4n) is 7.92. The molecule has 0 radical (unpaired) electrons. The molecule has 4 heterocycles. The lowest BCUT2D eigenvalue weighted by atomic mass is 9.96. The van der Waals surface area contributed by atoms with E-state index in [9.17, 15) is 28.8 Å². The molecule has 4 amide bonds. The van der Waals surface area contributed by atoms with Crippen molar-refractivity contribution >= 4 is 59.1 Å². The number of carbonyl (C=O) groups excluding carboxylic acids is 6. The molecule has 0 spiro atoms. The second-order valence-electron chi connectivity index (χ2n) is 15.5. The van der Waals surface area contributed by atoms with Gasteiger partial charge in [-0.2, -0.15) is 0 Å². The number of β-lactam (4-membered cyclic amide) rings is 2. The van der Waals surface area contributed by atoms with Gasteiger partial charge in [0, 0.05) is 11.5 Å². The van der Waals surface area contributed by atoms with Gasteiger partial charge in [0.2, 0.25) is 11.8 Å². The van der Waals surface area contributed by atoms with Crippen LogP contribution in [0.15, 0.2) is 132 Å². The number of esters is 2. The van der Waals surface area contributed by atoms with Gasteiger partial charge in [-0.05, 0) is 70.5 Å². The van der Waals surface area contributed by atoms with Gasteiger partial charge < -0.3 is 29.6 Å². The minimum atomic E-state index is -0.841. The Hall–Kier alpha value is -6.52. The van der Waals surface area contributed by atoms with Crippen molar-refractivity contribution in [3.05, 3.63) is 154 Å². The largest absolute Gasteiger partial charge is 0.497 e. The summed E-state index contributed by atoms with van der Waals surface area (Å²) in [6, 6.07) is 30.9. The summed E-state index contributed by atoms with van der Waals surface area (Å²) in [4.78, 5) is 84.9. The topological polar surface area (TPSA) is 170 Å². The van der Waals surface area contributed by atoms with Gasteiger partial charge in [-0.15, -0.1) is 23.5 Å². The van der Waals surface area contributed by atoms with Gasteiger partial charge in [-0.25, -0.2) is 9.59 Å². The number of nitrogens with one attached hydrogen (secondary N) is 2. The number of amides is 4. The Labute approximate surface area is 378 Å². The fourth-order valence-corrected chi connectivity index (χ4v) is 10.7. The molecule has 2 saturated heterocycles. The van der Waals surface area contributed by atoms with E-state index in [0.29, 0.717) is 45.3 Å². The van der Waals surface area contributed by atoms with E-state index in [0.717, 1.165) is 11.1 Å². The van der Waals surface area contributed by atoms with Crippen LogP contribution in [0.3, 0.4) is 0 Å². The van der Waals surface area contributed by atoms with Crippen molar-refractivity contribution in [1.82, 2.24) is 20.4 Å². The summed E-state index contributed by atoms with van der Waals surface area (Å²) in [7, 11) is 3.12. The maximum Gasteiger partial charge on any atom is 0.355 e. The van der Waals surface area contributed by atoms with Crippen molar-refractivity contribution in [2.45, 2.75) is 61.7 Å². The summed E-state index contributed by atoms with van der Waals surface area (Å²) < 4.78 is 22.2. The van der Waals surface area contributed by atoms with Crippen molar-refractivity contribution in [3.8, 4) is 11.5 Å². The first kappa shape index (κ1) is 44.1. The molecule has 330 valence electrons. The first-order valence-electron chi connectivity index (χ1n) is 20.7. The number of hydrogen-bond donors (Lipinski definition) is 2. The summed E-state index contributed by atoms with van der Waals surface area (Å²) in [5.41, 5.74) is 4.47. The maximum atomic E-state index is 14.1. The molecule has 64 heavy (non-hydrogen) atoms. The van der Waals surface area contributed by atoms with Gasteiger partial charge in [0.1, 0.15) is 58.9 Å². The highest BCUT2D eigenvalue weighted by molar-refractivity contribution is 8.00. The Morgan fingerprint density at radius 1 is 0.547 bits per heavy atom. The van der Waals surface area contributed by atoms with Gasteiger partial charge in [0.25, 0.3) is 11.8 Å². The molecule has 4 aliphatic heterocycles. The number of hydrogen-bond acceptors (Lipinski definition) is 12. The third kappa shape index (κ3) is 9.67. The average Bonchev–Trinajstić information content (AvgIpc) is 3.32. The van der Waals surface area contributed by atoms with Crippen LogP contribution in [0.25, 0.3) is 0 Å². The minimum absolute atomic E-state index is 0.0653. The lowest BCUT2D eigenvalue weighted by Crippen LogP contribution is -2.70. The predicted molar refractivity (Wildman–Crippen MR) is 239 cm³/mol. The van der Waals surface area contributed by atoms with Crippen LogP contribution in [0.5, 0.6) is 11.5 Å². The van der Waals surface area contributed by atoms with E-state index in [1.54, 1.807) is 62.8 Å². The molecule has 2 fully saturated rings. The van der Waals surface area contributed by atoms with Crippen molar-refractivity contribution in [3.63, 3.8) is 0 Å². The van der Waals surface area contributed by atoms with Crippen LogP contribution in [0.4, 0.5) is 0 Å². The van der Waals surface area contributed by atoms with E-state index >= 15 is 0 Å². The molecule has 0 unspecified atom stereocenters. The highest BCUT2D eigenvalue weighted by Crippen LogP contribution is 2.45. The maximum absolute atomic E-state index is 14.1. The number of benzene rings is 4. The average molecular weight is 903 g/mol. The number of methoxy groups -OCH3 is 2. The number of nitrogens with zero attached hydrogens (tertiary/aromatic N) is 2. The third-order valence-electron chi connectivity index (χ3n) is 11.3. The van der Waals surface area contributed by atoms with Crippen molar-refractivity contribution < 1.29 is 47.7 Å². The van der Waals surface area contributed by atoms with Gasteiger partial charge in [-0.3, -0.25) is 29.0 Å². The Morgan fingerprint density at radius 2 is 0.922 bits per heavy atom. The molecular formula is C48H46N4O10S2. The predicted octanol–water partition coefficient (Wildman–Crippen LogP) is 5.06. The normalized spacial score (nSPS) is 20.0.